The quantitative estimate of drug-likeness (QED) is 0.807. The Morgan fingerprint density at radius 1 is 1.24 bits per heavy atom. The largest absolute Gasteiger partial charge is 0.497 e. The number of carbonyl (C=O) groups excluding carboxylic acids is 1. The number of benzene rings is 1. The first-order valence-corrected chi connectivity index (χ1v) is 7.04. The number of hydrogen-bond donors (Lipinski definition) is 2. The van der Waals surface area contributed by atoms with Crippen molar-refractivity contribution >= 4 is 5.91 Å². The average Bonchev–Trinajstić information content (AvgIpc) is 2.44. The van der Waals surface area contributed by atoms with E-state index in [0.29, 0.717) is 18.7 Å². The molecule has 5 nitrogen and oxygen atoms in total. The van der Waals surface area contributed by atoms with Crippen LogP contribution in [0.5, 0.6) is 11.5 Å². The third kappa shape index (κ3) is 6.49. The van der Waals surface area contributed by atoms with Gasteiger partial charge in [0.15, 0.2) is 6.61 Å². The lowest BCUT2D eigenvalue weighted by atomic mass is 9.87. The van der Waals surface area contributed by atoms with Gasteiger partial charge in [0.25, 0.3) is 5.91 Å². The van der Waals surface area contributed by atoms with Gasteiger partial charge in [0.05, 0.1) is 13.2 Å². The molecule has 0 radical (unpaired) electrons. The lowest BCUT2D eigenvalue weighted by Crippen LogP contribution is -2.34. The number of amides is 1. The summed E-state index contributed by atoms with van der Waals surface area (Å²) in [4.78, 5) is 11.6. The summed E-state index contributed by atoms with van der Waals surface area (Å²) in [5, 5.41) is 12.6. The molecule has 0 heterocycles. The molecule has 118 valence electrons. The van der Waals surface area contributed by atoms with Crippen LogP contribution in [0.2, 0.25) is 0 Å². The monoisotopic (exact) mass is 295 g/mol. The molecule has 0 aliphatic rings. The van der Waals surface area contributed by atoms with Crippen molar-refractivity contribution in [3.63, 3.8) is 0 Å². The van der Waals surface area contributed by atoms with E-state index >= 15 is 0 Å². The summed E-state index contributed by atoms with van der Waals surface area (Å²) in [6, 6.07) is 7.03. The second kappa shape index (κ2) is 7.88. The SMILES string of the molecule is COc1ccc(OCC(=O)NCCC(O)C(C)(C)C)cc1. The van der Waals surface area contributed by atoms with Crippen LogP contribution in [-0.2, 0) is 4.79 Å². The first kappa shape index (κ1) is 17.3. The summed E-state index contributed by atoms with van der Waals surface area (Å²) in [5.74, 6) is 1.15. The molecule has 0 bridgehead atoms. The van der Waals surface area contributed by atoms with Crippen molar-refractivity contribution in [3.8, 4) is 11.5 Å². The van der Waals surface area contributed by atoms with Crippen LogP contribution < -0.4 is 14.8 Å². The average molecular weight is 295 g/mol. The molecular formula is C16H25NO4. The molecule has 0 fully saturated rings. The van der Waals surface area contributed by atoms with Gasteiger partial charge in [0.2, 0.25) is 0 Å². The number of ether oxygens (including phenoxy) is 2. The Hall–Kier alpha value is -1.75. The van der Waals surface area contributed by atoms with Gasteiger partial charge in [-0.25, -0.2) is 0 Å². The van der Waals surface area contributed by atoms with E-state index in [-0.39, 0.29) is 17.9 Å². The first-order chi connectivity index (χ1) is 9.82. The van der Waals surface area contributed by atoms with Crippen molar-refractivity contribution in [1.29, 1.82) is 0 Å². The third-order valence-corrected chi connectivity index (χ3v) is 3.17. The predicted octanol–water partition coefficient (Wildman–Crippen LogP) is 1.99. The fraction of sp³-hybridized carbons (Fsp3) is 0.562. The van der Waals surface area contributed by atoms with Gasteiger partial charge in [-0.1, -0.05) is 20.8 Å². The molecule has 21 heavy (non-hydrogen) atoms. The maximum absolute atomic E-state index is 11.6. The van der Waals surface area contributed by atoms with Crippen molar-refractivity contribution in [2.45, 2.75) is 33.3 Å². The van der Waals surface area contributed by atoms with E-state index in [1.54, 1.807) is 31.4 Å². The van der Waals surface area contributed by atoms with Gasteiger partial charge < -0.3 is 19.9 Å². The van der Waals surface area contributed by atoms with Gasteiger partial charge in [-0.15, -0.1) is 0 Å². The van der Waals surface area contributed by atoms with Gasteiger partial charge in [-0.2, -0.15) is 0 Å². The highest BCUT2D eigenvalue weighted by Gasteiger charge is 2.21. The van der Waals surface area contributed by atoms with E-state index in [9.17, 15) is 9.90 Å². The Kier molecular flexibility index (Phi) is 6.49. The molecule has 1 unspecified atom stereocenters. The molecule has 0 aliphatic heterocycles. The predicted molar refractivity (Wildman–Crippen MR) is 81.6 cm³/mol. The molecule has 1 aromatic rings. The summed E-state index contributed by atoms with van der Waals surface area (Å²) in [5.41, 5.74) is -0.176. The summed E-state index contributed by atoms with van der Waals surface area (Å²) in [7, 11) is 1.59. The van der Waals surface area contributed by atoms with Crippen LogP contribution >= 0.6 is 0 Å². The summed E-state index contributed by atoms with van der Waals surface area (Å²) >= 11 is 0. The van der Waals surface area contributed by atoms with E-state index in [0.717, 1.165) is 5.75 Å². The number of carbonyl (C=O) groups is 1. The fourth-order valence-corrected chi connectivity index (χ4v) is 1.65. The molecule has 1 rings (SSSR count). The van der Waals surface area contributed by atoms with Crippen molar-refractivity contribution in [3.05, 3.63) is 24.3 Å². The summed E-state index contributed by atoms with van der Waals surface area (Å²) in [6.45, 7) is 6.28. The molecule has 5 heteroatoms. The van der Waals surface area contributed by atoms with Crippen LogP contribution in [0.4, 0.5) is 0 Å². The minimum absolute atomic E-state index is 0.0437. The lowest BCUT2D eigenvalue weighted by molar-refractivity contribution is -0.123. The van der Waals surface area contributed by atoms with Crippen molar-refractivity contribution in [2.24, 2.45) is 5.41 Å². The van der Waals surface area contributed by atoms with E-state index in [2.05, 4.69) is 5.32 Å². The van der Waals surface area contributed by atoms with Crippen LogP contribution in [-0.4, -0.2) is 37.4 Å². The van der Waals surface area contributed by atoms with Crippen LogP contribution in [0.15, 0.2) is 24.3 Å². The fourth-order valence-electron chi connectivity index (χ4n) is 1.65. The molecule has 0 aromatic heterocycles. The zero-order valence-corrected chi connectivity index (χ0v) is 13.2. The zero-order chi connectivity index (χ0) is 15.9. The molecule has 0 saturated heterocycles. The van der Waals surface area contributed by atoms with Gasteiger partial charge in [0, 0.05) is 6.54 Å². The van der Waals surface area contributed by atoms with E-state index < -0.39 is 6.10 Å². The summed E-state index contributed by atoms with van der Waals surface area (Å²) < 4.78 is 10.4. The highest BCUT2D eigenvalue weighted by Crippen LogP contribution is 2.21. The highest BCUT2D eigenvalue weighted by atomic mass is 16.5. The van der Waals surface area contributed by atoms with Crippen molar-refractivity contribution < 1.29 is 19.4 Å². The highest BCUT2D eigenvalue weighted by molar-refractivity contribution is 5.77. The zero-order valence-electron chi connectivity index (χ0n) is 13.2. The Bertz CT molecular complexity index is 437. The van der Waals surface area contributed by atoms with Crippen molar-refractivity contribution in [1.82, 2.24) is 5.32 Å². The standard InChI is InChI=1S/C16H25NO4/c1-16(2,3)14(18)9-10-17-15(19)11-21-13-7-5-12(20-4)6-8-13/h5-8,14,18H,9-11H2,1-4H3,(H,17,19). The maximum Gasteiger partial charge on any atom is 0.257 e. The van der Waals surface area contributed by atoms with Crippen LogP contribution in [0.25, 0.3) is 0 Å². The van der Waals surface area contributed by atoms with E-state index in [4.69, 9.17) is 9.47 Å². The molecule has 0 aliphatic carbocycles. The smallest absolute Gasteiger partial charge is 0.257 e. The van der Waals surface area contributed by atoms with E-state index in [1.807, 2.05) is 20.8 Å². The molecular weight excluding hydrogens is 270 g/mol. The topological polar surface area (TPSA) is 67.8 Å². The normalized spacial score (nSPS) is 12.6. The van der Waals surface area contributed by atoms with Gasteiger partial charge in [-0.05, 0) is 36.1 Å². The number of methoxy groups -OCH3 is 1. The molecule has 0 saturated carbocycles. The maximum atomic E-state index is 11.6. The van der Waals surface area contributed by atoms with Crippen LogP contribution in [0.1, 0.15) is 27.2 Å². The molecule has 1 atom stereocenters. The minimum atomic E-state index is -0.444. The van der Waals surface area contributed by atoms with Gasteiger partial charge in [-0.3, -0.25) is 4.79 Å². The lowest BCUT2D eigenvalue weighted by Gasteiger charge is -2.25. The minimum Gasteiger partial charge on any atom is -0.497 e. The van der Waals surface area contributed by atoms with E-state index in [1.165, 1.54) is 0 Å². The van der Waals surface area contributed by atoms with Crippen molar-refractivity contribution in [2.75, 3.05) is 20.3 Å². The van der Waals surface area contributed by atoms with Crippen LogP contribution in [0, 0.1) is 5.41 Å². The number of rotatable bonds is 7. The molecule has 1 amide bonds. The molecule has 2 N–H and O–H groups in total. The Morgan fingerprint density at radius 3 is 2.33 bits per heavy atom. The number of nitrogens with one attached hydrogen (secondary N) is 1. The third-order valence-electron chi connectivity index (χ3n) is 3.17. The van der Waals surface area contributed by atoms with Crippen LogP contribution in [0.3, 0.4) is 0 Å². The van der Waals surface area contributed by atoms with Gasteiger partial charge in [0.1, 0.15) is 11.5 Å². The molecule has 1 aromatic carbocycles. The Balaban J connectivity index is 2.25. The number of aliphatic hydroxyl groups is 1. The Morgan fingerprint density at radius 2 is 1.81 bits per heavy atom. The second-order valence-corrected chi connectivity index (χ2v) is 5.98. The molecule has 0 spiro atoms. The first-order valence-electron chi connectivity index (χ1n) is 7.04. The number of aliphatic hydroxyl groups excluding tert-OH is 1. The Labute approximate surface area is 126 Å². The summed E-state index contributed by atoms with van der Waals surface area (Å²) in [6.07, 6.45) is 0.0814. The second-order valence-electron chi connectivity index (χ2n) is 5.98. The van der Waals surface area contributed by atoms with Gasteiger partial charge >= 0.3 is 0 Å². The number of hydrogen-bond acceptors (Lipinski definition) is 4.